The predicted octanol–water partition coefficient (Wildman–Crippen LogP) is 2.85. The Kier molecular flexibility index (Phi) is 3.87. The number of rotatable bonds is 3. The van der Waals surface area contributed by atoms with Gasteiger partial charge >= 0.3 is 0 Å². The van der Waals surface area contributed by atoms with Gasteiger partial charge in [-0.25, -0.2) is 0 Å². The van der Waals surface area contributed by atoms with Crippen molar-refractivity contribution in [1.82, 2.24) is 0 Å². The van der Waals surface area contributed by atoms with Crippen LogP contribution < -0.4 is 0 Å². The fourth-order valence-electron chi connectivity index (χ4n) is 1.98. The Hall–Kier alpha value is 0.0500. The monoisotopic (exact) mass is 200 g/mol. The first-order valence-electron chi connectivity index (χ1n) is 4.96. The van der Waals surface area contributed by atoms with Crippen LogP contribution in [0.5, 0.6) is 0 Å². The third kappa shape index (κ3) is 2.75. The maximum Gasteiger partial charge on any atom is 0.0851 e. The van der Waals surface area contributed by atoms with Crippen LogP contribution in [0.3, 0.4) is 0 Å². The van der Waals surface area contributed by atoms with Crippen molar-refractivity contribution >= 4 is 11.8 Å². The van der Waals surface area contributed by atoms with E-state index in [0.717, 1.165) is 37.2 Å². The Morgan fingerprint density at radius 3 is 2.46 bits per heavy atom. The predicted molar refractivity (Wildman–Crippen MR) is 60.1 cm³/mol. The van der Waals surface area contributed by atoms with Crippen LogP contribution in [0.4, 0.5) is 0 Å². The molecule has 1 N–H and O–H groups in total. The fourth-order valence-corrected chi connectivity index (χ4v) is 2.79. The summed E-state index contributed by atoms with van der Waals surface area (Å²) in [7, 11) is 0. The number of hydrogen-bond donors (Lipinski definition) is 1. The molecular weight excluding hydrogens is 180 g/mol. The summed E-state index contributed by atoms with van der Waals surface area (Å²) in [5.41, 5.74) is 0.393. The van der Waals surface area contributed by atoms with E-state index in [1.54, 1.807) is 0 Å². The van der Waals surface area contributed by atoms with E-state index in [2.05, 4.69) is 12.8 Å². The normalized spacial score (nSPS) is 34.5. The molecule has 1 nitrogen and oxygen atoms in total. The van der Waals surface area contributed by atoms with E-state index in [-0.39, 0.29) is 0 Å². The van der Waals surface area contributed by atoms with Gasteiger partial charge in [0.05, 0.1) is 5.60 Å². The van der Waals surface area contributed by atoms with E-state index in [0.29, 0.717) is 0 Å². The van der Waals surface area contributed by atoms with Crippen molar-refractivity contribution < 1.29 is 5.11 Å². The molecule has 1 saturated carbocycles. The number of hydrogen-bond acceptors (Lipinski definition) is 2. The quantitative estimate of drug-likeness (QED) is 0.707. The zero-order chi connectivity index (χ0) is 9.90. The van der Waals surface area contributed by atoms with Crippen molar-refractivity contribution in [2.75, 3.05) is 12.0 Å². The summed E-state index contributed by atoms with van der Waals surface area (Å²) >= 11 is 1.91. The molecule has 0 radical (unpaired) electrons. The minimum Gasteiger partial charge on any atom is -0.386 e. The molecule has 0 aliphatic heterocycles. The van der Waals surface area contributed by atoms with Gasteiger partial charge in [0.1, 0.15) is 0 Å². The van der Waals surface area contributed by atoms with Gasteiger partial charge in [-0.1, -0.05) is 6.58 Å². The molecular formula is C11H20OS. The average molecular weight is 200 g/mol. The summed E-state index contributed by atoms with van der Waals surface area (Å²) in [5.74, 6) is 2.06. The van der Waals surface area contributed by atoms with Gasteiger partial charge in [0.2, 0.25) is 0 Å². The first-order valence-corrected chi connectivity index (χ1v) is 6.35. The smallest absolute Gasteiger partial charge is 0.0851 e. The Bertz CT molecular complexity index is 181. The van der Waals surface area contributed by atoms with Gasteiger partial charge in [0.15, 0.2) is 0 Å². The molecule has 0 atom stereocenters. The third-order valence-corrected chi connectivity index (χ3v) is 3.93. The summed E-state index contributed by atoms with van der Waals surface area (Å²) in [4.78, 5) is 0. The van der Waals surface area contributed by atoms with E-state index in [1.165, 1.54) is 5.75 Å². The van der Waals surface area contributed by atoms with Crippen molar-refractivity contribution in [3.63, 3.8) is 0 Å². The van der Waals surface area contributed by atoms with Crippen LogP contribution in [0.15, 0.2) is 12.2 Å². The van der Waals surface area contributed by atoms with Gasteiger partial charge in [0, 0.05) is 0 Å². The van der Waals surface area contributed by atoms with E-state index in [9.17, 15) is 5.11 Å². The first-order chi connectivity index (χ1) is 6.08. The summed E-state index contributed by atoms with van der Waals surface area (Å²) in [5, 5.41) is 10.1. The van der Waals surface area contributed by atoms with Crippen molar-refractivity contribution in [2.45, 2.75) is 38.2 Å². The molecule has 0 amide bonds. The molecule has 0 aromatic carbocycles. The minimum atomic E-state index is -0.547. The highest BCUT2D eigenvalue weighted by Gasteiger charge is 2.33. The molecule has 0 unspecified atom stereocenters. The van der Waals surface area contributed by atoms with Crippen LogP contribution >= 0.6 is 11.8 Å². The SMILES string of the molecule is C=C(C)C1(O)CCC(CSC)CC1. The van der Waals surface area contributed by atoms with Crippen molar-refractivity contribution in [2.24, 2.45) is 5.92 Å². The summed E-state index contributed by atoms with van der Waals surface area (Å²) in [6.45, 7) is 5.81. The lowest BCUT2D eigenvalue weighted by molar-refractivity contribution is 0.0280. The highest BCUT2D eigenvalue weighted by atomic mass is 32.2. The molecule has 2 heteroatoms. The second-order valence-corrected chi connectivity index (χ2v) is 5.12. The fraction of sp³-hybridized carbons (Fsp3) is 0.818. The van der Waals surface area contributed by atoms with Gasteiger partial charge in [-0.2, -0.15) is 11.8 Å². The maximum absolute atomic E-state index is 10.1. The third-order valence-electron chi connectivity index (χ3n) is 3.13. The van der Waals surface area contributed by atoms with Crippen LogP contribution in [0.25, 0.3) is 0 Å². The van der Waals surface area contributed by atoms with E-state index >= 15 is 0 Å². The molecule has 1 fully saturated rings. The number of aliphatic hydroxyl groups is 1. The molecule has 0 aromatic heterocycles. The van der Waals surface area contributed by atoms with Crippen LogP contribution in [0.2, 0.25) is 0 Å². The molecule has 0 spiro atoms. The average Bonchev–Trinajstić information content (AvgIpc) is 2.09. The van der Waals surface area contributed by atoms with Crippen LogP contribution in [0.1, 0.15) is 32.6 Å². The van der Waals surface area contributed by atoms with E-state index in [1.807, 2.05) is 18.7 Å². The second kappa shape index (κ2) is 4.52. The van der Waals surface area contributed by atoms with Gasteiger partial charge < -0.3 is 5.11 Å². The highest BCUT2D eigenvalue weighted by molar-refractivity contribution is 7.98. The summed E-state index contributed by atoms with van der Waals surface area (Å²) < 4.78 is 0. The maximum atomic E-state index is 10.1. The van der Waals surface area contributed by atoms with Crippen molar-refractivity contribution in [1.29, 1.82) is 0 Å². The van der Waals surface area contributed by atoms with Gasteiger partial charge in [-0.15, -0.1) is 0 Å². The highest BCUT2D eigenvalue weighted by Crippen LogP contribution is 2.37. The van der Waals surface area contributed by atoms with Gasteiger partial charge in [0.25, 0.3) is 0 Å². The summed E-state index contributed by atoms with van der Waals surface area (Å²) in [6.07, 6.45) is 6.29. The standard InChI is InChI=1S/C11H20OS/c1-9(2)11(12)6-4-10(5-7-11)8-13-3/h10,12H,1,4-8H2,2-3H3. The van der Waals surface area contributed by atoms with E-state index in [4.69, 9.17) is 0 Å². The Morgan fingerprint density at radius 2 is 2.08 bits per heavy atom. The molecule has 13 heavy (non-hydrogen) atoms. The largest absolute Gasteiger partial charge is 0.386 e. The lowest BCUT2D eigenvalue weighted by atomic mass is 9.76. The molecule has 0 aromatic rings. The Morgan fingerprint density at radius 1 is 1.54 bits per heavy atom. The minimum absolute atomic E-state index is 0.547. The number of thioether (sulfide) groups is 1. The zero-order valence-corrected chi connectivity index (χ0v) is 9.49. The second-order valence-electron chi connectivity index (χ2n) is 4.21. The molecule has 0 saturated heterocycles. The Balaban J connectivity index is 2.42. The molecule has 1 aliphatic rings. The molecule has 0 bridgehead atoms. The first kappa shape index (κ1) is 11.1. The van der Waals surface area contributed by atoms with Gasteiger partial charge in [-0.05, 0) is 56.1 Å². The van der Waals surface area contributed by atoms with Crippen LogP contribution in [-0.4, -0.2) is 22.7 Å². The van der Waals surface area contributed by atoms with Gasteiger partial charge in [-0.3, -0.25) is 0 Å². The molecule has 1 rings (SSSR count). The van der Waals surface area contributed by atoms with E-state index < -0.39 is 5.60 Å². The van der Waals surface area contributed by atoms with Crippen molar-refractivity contribution in [3.8, 4) is 0 Å². The molecule has 1 aliphatic carbocycles. The van der Waals surface area contributed by atoms with Crippen LogP contribution in [0, 0.1) is 5.92 Å². The topological polar surface area (TPSA) is 20.2 Å². The van der Waals surface area contributed by atoms with Crippen LogP contribution in [-0.2, 0) is 0 Å². The van der Waals surface area contributed by atoms with Crippen molar-refractivity contribution in [3.05, 3.63) is 12.2 Å². The lowest BCUT2D eigenvalue weighted by Crippen LogP contribution is -2.35. The molecule has 76 valence electrons. The zero-order valence-electron chi connectivity index (χ0n) is 8.68. The Labute approximate surface area is 85.6 Å². The lowest BCUT2D eigenvalue weighted by Gasteiger charge is -2.36. The molecule has 0 heterocycles. The summed E-state index contributed by atoms with van der Waals surface area (Å²) in [6, 6.07) is 0.